The van der Waals surface area contributed by atoms with E-state index in [9.17, 15) is 14.4 Å². The van der Waals surface area contributed by atoms with Crippen LogP contribution in [-0.2, 0) is 19.1 Å². The highest BCUT2D eigenvalue weighted by Crippen LogP contribution is 2.31. The molecule has 28 heavy (non-hydrogen) atoms. The zero-order valence-corrected chi connectivity index (χ0v) is 15.9. The number of ether oxygens (including phenoxy) is 1. The molecular formula is C20H25N3O5. The molecule has 0 atom stereocenters. The minimum absolute atomic E-state index is 0.0254. The zero-order chi connectivity index (χ0) is 20.1. The van der Waals surface area contributed by atoms with Gasteiger partial charge in [0, 0.05) is 19.2 Å². The maximum absolute atomic E-state index is 12.4. The highest BCUT2D eigenvalue weighted by molar-refractivity contribution is 6.17. The molecule has 0 radical (unpaired) electrons. The van der Waals surface area contributed by atoms with E-state index in [0.717, 1.165) is 16.3 Å². The summed E-state index contributed by atoms with van der Waals surface area (Å²) in [5.41, 5.74) is 1.81. The lowest BCUT2D eigenvalue weighted by Crippen LogP contribution is -2.37. The quantitative estimate of drug-likeness (QED) is 0.534. The Labute approximate surface area is 163 Å². The lowest BCUT2D eigenvalue weighted by atomic mass is 9.96. The van der Waals surface area contributed by atoms with Crippen LogP contribution in [0.25, 0.3) is 0 Å². The van der Waals surface area contributed by atoms with Gasteiger partial charge in [0.25, 0.3) is 11.8 Å². The number of nitrogens with one attached hydrogen (secondary N) is 1. The third kappa shape index (κ3) is 4.17. The van der Waals surface area contributed by atoms with Gasteiger partial charge in [-0.3, -0.25) is 19.3 Å². The number of amides is 2. The molecule has 2 N–H and O–H groups in total. The summed E-state index contributed by atoms with van der Waals surface area (Å²) < 4.78 is 5.12. The summed E-state index contributed by atoms with van der Waals surface area (Å²) in [6.45, 7) is 3.30. The van der Waals surface area contributed by atoms with E-state index >= 15 is 0 Å². The molecule has 0 aromatic heterocycles. The first-order chi connectivity index (χ1) is 13.5. The number of rotatable bonds is 7. The minimum Gasteiger partial charge on any atom is -0.466 e. The monoisotopic (exact) mass is 387 g/mol. The molecule has 0 spiro atoms. The highest BCUT2D eigenvalue weighted by atomic mass is 16.5. The number of para-hydroxylation sites is 2. The molecule has 8 nitrogen and oxygen atoms in total. The standard InChI is InChI=1S/C20H25N3O5/c1-2-28-20(27)14-7-9-22(10-8-14)17-6-4-3-5-15(17)21-16-13-18(25)23(11-12-24)19(16)26/h3-6,13-14,21,24H,2,7-12H2,1H3. The number of aliphatic hydroxyl groups is 1. The molecule has 0 aliphatic carbocycles. The highest BCUT2D eigenvalue weighted by Gasteiger charge is 2.32. The maximum Gasteiger partial charge on any atom is 0.309 e. The van der Waals surface area contributed by atoms with Crippen LogP contribution in [0.5, 0.6) is 0 Å². The molecule has 8 heteroatoms. The number of anilines is 2. The van der Waals surface area contributed by atoms with Gasteiger partial charge in [0.15, 0.2) is 0 Å². The molecule has 1 aromatic carbocycles. The number of nitrogens with zero attached hydrogens (tertiary/aromatic N) is 2. The van der Waals surface area contributed by atoms with Crippen molar-refractivity contribution in [3.63, 3.8) is 0 Å². The number of carbonyl (C=O) groups excluding carboxylic acids is 3. The number of esters is 1. The Bertz CT molecular complexity index is 784. The first-order valence-electron chi connectivity index (χ1n) is 9.51. The van der Waals surface area contributed by atoms with Gasteiger partial charge in [-0.05, 0) is 31.9 Å². The number of piperidine rings is 1. The van der Waals surface area contributed by atoms with Crippen LogP contribution >= 0.6 is 0 Å². The second-order valence-electron chi connectivity index (χ2n) is 6.73. The predicted molar refractivity (Wildman–Crippen MR) is 104 cm³/mol. The van der Waals surface area contributed by atoms with Gasteiger partial charge in [0.1, 0.15) is 5.70 Å². The fourth-order valence-corrected chi connectivity index (χ4v) is 3.53. The molecule has 2 amide bonds. The number of hydrogen-bond acceptors (Lipinski definition) is 7. The van der Waals surface area contributed by atoms with Crippen LogP contribution in [0.15, 0.2) is 36.0 Å². The topological polar surface area (TPSA) is 99.2 Å². The van der Waals surface area contributed by atoms with Crippen LogP contribution in [0.2, 0.25) is 0 Å². The van der Waals surface area contributed by atoms with Crippen LogP contribution in [0.4, 0.5) is 11.4 Å². The van der Waals surface area contributed by atoms with Gasteiger partial charge in [-0.2, -0.15) is 0 Å². The lowest BCUT2D eigenvalue weighted by Gasteiger charge is -2.33. The van der Waals surface area contributed by atoms with Crippen molar-refractivity contribution >= 4 is 29.2 Å². The van der Waals surface area contributed by atoms with Crippen molar-refractivity contribution in [2.45, 2.75) is 19.8 Å². The van der Waals surface area contributed by atoms with Gasteiger partial charge >= 0.3 is 5.97 Å². The SMILES string of the molecule is CCOC(=O)C1CCN(c2ccccc2NC2=CC(=O)N(CCO)C2=O)CC1. The lowest BCUT2D eigenvalue weighted by molar-refractivity contribution is -0.148. The normalized spacial score (nSPS) is 17.7. The molecule has 1 aromatic rings. The van der Waals surface area contributed by atoms with Crippen LogP contribution in [-0.4, -0.2) is 60.6 Å². The maximum atomic E-state index is 12.4. The summed E-state index contributed by atoms with van der Waals surface area (Å²) in [5.74, 6) is -1.11. The Morgan fingerprint density at radius 2 is 1.96 bits per heavy atom. The average Bonchev–Trinajstić information content (AvgIpc) is 2.96. The Morgan fingerprint density at radius 3 is 2.64 bits per heavy atom. The third-order valence-corrected chi connectivity index (χ3v) is 4.96. The molecule has 3 rings (SSSR count). The van der Waals surface area contributed by atoms with Crippen molar-refractivity contribution in [3.05, 3.63) is 36.0 Å². The van der Waals surface area contributed by atoms with E-state index in [4.69, 9.17) is 9.84 Å². The van der Waals surface area contributed by atoms with Gasteiger partial charge < -0.3 is 20.1 Å². The fourth-order valence-electron chi connectivity index (χ4n) is 3.53. The van der Waals surface area contributed by atoms with E-state index in [2.05, 4.69) is 10.2 Å². The molecule has 2 aliphatic heterocycles. The van der Waals surface area contributed by atoms with E-state index in [1.807, 2.05) is 24.3 Å². The van der Waals surface area contributed by atoms with Gasteiger partial charge in [-0.25, -0.2) is 0 Å². The van der Waals surface area contributed by atoms with Crippen LogP contribution in [0.3, 0.4) is 0 Å². The molecule has 150 valence electrons. The second kappa shape index (κ2) is 8.88. The summed E-state index contributed by atoms with van der Waals surface area (Å²) in [4.78, 5) is 39.4. The van der Waals surface area contributed by atoms with E-state index in [1.165, 1.54) is 6.08 Å². The number of carbonyl (C=O) groups is 3. The fraction of sp³-hybridized carbons (Fsp3) is 0.450. The van der Waals surface area contributed by atoms with Crippen molar-refractivity contribution < 1.29 is 24.2 Å². The van der Waals surface area contributed by atoms with Crippen LogP contribution in [0, 0.1) is 5.92 Å². The smallest absolute Gasteiger partial charge is 0.309 e. The van der Waals surface area contributed by atoms with Gasteiger partial charge in [0.2, 0.25) is 0 Å². The van der Waals surface area contributed by atoms with Crippen molar-refractivity contribution in [2.75, 3.05) is 43.1 Å². The molecule has 0 saturated carbocycles. The van der Waals surface area contributed by atoms with Crippen molar-refractivity contribution in [1.29, 1.82) is 0 Å². The Morgan fingerprint density at radius 1 is 1.25 bits per heavy atom. The number of hydrogen-bond donors (Lipinski definition) is 2. The molecule has 0 bridgehead atoms. The molecule has 1 fully saturated rings. The number of aliphatic hydroxyl groups excluding tert-OH is 1. The first-order valence-corrected chi connectivity index (χ1v) is 9.51. The molecule has 0 unspecified atom stereocenters. The Balaban J connectivity index is 1.70. The number of benzene rings is 1. The van der Waals surface area contributed by atoms with Gasteiger partial charge in [-0.15, -0.1) is 0 Å². The molecule has 2 aliphatic rings. The van der Waals surface area contributed by atoms with Crippen molar-refractivity contribution in [1.82, 2.24) is 4.90 Å². The van der Waals surface area contributed by atoms with Gasteiger partial charge in [0.05, 0.1) is 37.1 Å². The van der Waals surface area contributed by atoms with Crippen LogP contribution in [0.1, 0.15) is 19.8 Å². The summed E-state index contributed by atoms with van der Waals surface area (Å²) >= 11 is 0. The Hall–Kier alpha value is -2.87. The average molecular weight is 387 g/mol. The summed E-state index contributed by atoms with van der Waals surface area (Å²) in [7, 11) is 0. The summed E-state index contributed by atoms with van der Waals surface area (Å²) in [5, 5.41) is 12.1. The van der Waals surface area contributed by atoms with E-state index in [1.54, 1.807) is 6.92 Å². The van der Waals surface area contributed by atoms with E-state index in [0.29, 0.717) is 32.5 Å². The first kappa shape index (κ1) is 19.9. The number of β-amino-alcohol motifs (C(OH)–C–C–N with tert-alkyl or cyclic N) is 1. The van der Waals surface area contributed by atoms with Crippen molar-refractivity contribution in [3.8, 4) is 0 Å². The zero-order valence-electron chi connectivity index (χ0n) is 15.9. The second-order valence-corrected chi connectivity index (χ2v) is 6.73. The van der Waals surface area contributed by atoms with Gasteiger partial charge in [-0.1, -0.05) is 12.1 Å². The molecule has 1 saturated heterocycles. The minimum atomic E-state index is -0.449. The van der Waals surface area contributed by atoms with Crippen molar-refractivity contribution in [2.24, 2.45) is 5.92 Å². The molecular weight excluding hydrogens is 362 g/mol. The molecule has 2 heterocycles. The third-order valence-electron chi connectivity index (χ3n) is 4.96. The Kier molecular flexibility index (Phi) is 6.30. The predicted octanol–water partition coefficient (Wildman–Crippen LogP) is 1.12. The largest absolute Gasteiger partial charge is 0.466 e. The summed E-state index contributed by atoms with van der Waals surface area (Å²) in [6, 6.07) is 7.55. The van der Waals surface area contributed by atoms with E-state index in [-0.39, 0.29) is 30.7 Å². The number of imide groups is 1. The van der Waals surface area contributed by atoms with E-state index < -0.39 is 11.8 Å². The van der Waals surface area contributed by atoms with Crippen LogP contribution < -0.4 is 10.2 Å². The summed E-state index contributed by atoms with van der Waals surface area (Å²) in [6.07, 6.45) is 2.66.